The van der Waals surface area contributed by atoms with Crippen molar-refractivity contribution in [2.45, 2.75) is 172 Å². The van der Waals surface area contributed by atoms with Crippen LogP contribution in [0.1, 0.15) is 130 Å². The lowest BCUT2D eigenvalue weighted by Crippen LogP contribution is -2.63. The summed E-state index contributed by atoms with van der Waals surface area (Å²) in [5.41, 5.74) is -0.951. The molecule has 5 rings (SSSR count). The molecule has 1 aliphatic carbocycles. The van der Waals surface area contributed by atoms with E-state index in [1.54, 1.807) is 73.8 Å². The molecule has 17 heteroatoms. The molecule has 3 fully saturated rings. The van der Waals surface area contributed by atoms with Gasteiger partial charge < -0.3 is 38.6 Å². The molecule has 1 saturated carbocycles. The molecular weight excluding hydrogens is 918 g/mol. The fourth-order valence-electron chi connectivity index (χ4n) is 9.46. The van der Waals surface area contributed by atoms with Crippen molar-refractivity contribution in [2.75, 3.05) is 44.7 Å². The third kappa shape index (κ3) is 14.9. The molecule has 0 spiro atoms. The number of Topliss-reactive ketones (excluding diaryl/α,β-unsaturated/α-hetero) is 1. The van der Waals surface area contributed by atoms with Crippen molar-refractivity contribution >= 4 is 68.5 Å². The maximum absolute atomic E-state index is 14.3. The van der Waals surface area contributed by atoms with Gasteiger partial charge in [0.2, 0.25) is 11.8 Å². The van der Waals surface area contributed by atoms with Crippen LogP contribution in [0.15, 0.2) is 35.9 Å². The van der Waals surface area contributed by atoms with E-state index in [1.165, 1.54) is 62.5 Å². The first-order valence-corrected chi connectivity index (χ1v) is 26.9. The zero-order valence-corrected chi connectivity index (χ0v) is 43.2. The highest BCUT2D eigenvalue weighted by atomic mass is 35.5. The van der Waals surface area contributed by atoms with E-state index in [-0.39, 0.29) is 36.1 Å². The van der Waals surface area contributed by atoms with Gasteiger partial charge in [-0.05, 0) is 64.2 Å². The van der Waals surface area contributed by atoms with Gasteiger partial charge in [0.25, 0.3) is 0 Å². The quantitative estimate of drug-likeness (QED) is 0.0783. The number of fused-ring (bicyclic) bond motifs is 5. The number of ketones is 1. The first-order valence-electron chi connectivity index (χ1n) is 24.0. The molecule has 4 aliphatic rings. The number of hydrogen-bond donors (Lipinski definition) is 2. The van der Waals surface area contributed by atoms with E-state index < -0.39 is 65.7 Å². The van der Waals surface area contributed by atoms with Crippen LogP contribution >= 0.6 is 33.2 Å². The number of allylic oxidation sites excluding steroid dienone is 3. The molecule has 4 bridgehead atoms. The lowest BCUT2D eigenvalue weighted by Gasteiger charge is -2.42. The number of likely N-dealkylation sites (N-methyl/N-ethyl adjacent to an activating group) is 1. The number of nitrogens with zero attached hydrogens (tertiary/aromatic N) is 2. The largest absolute Gasteiger partial charge is 0.495 e. The van der Waals surface area contributed by atoms with Gasteiger partial charge in [0.15, 0.2) is 5.72 Å². The van der Waals surface area contributed by atoms with Crippen LogP contribution in [0, 0.1) is 11.8 Å². The molecule has 2 saturated heterocycles. The van der Waals surface area contributed by atoms with E-state index in [0.29, 0.717) is 35.8 Å². The second-order valence-corrected chi connectivity index (χ2v) is 22.1. The zero-order chi connectivity index (χ0) is 48.9. The smallest absolute Gasteiger partial charge is 0.409 e. The Morgan fingerprint density at radius 2 is 1.69 bits per heavy atom. The number of rotatable bonds is 14. The number of carbonyl (C=O) groups excluding carboxylic acids is 5. The summed E-state index contributed by atoms with van der Waals surface area (Å²) in [6.07, 6.45) is 14.4. The van der Waals surface area contributed by atoms with Crippen molar-refractivity contribution in [3.63, 3.8) is 0 Å². The van der Waals surface area contributed by atoms with E-state index in [1.807, 2.05) is 19.9 Å². The Bertz CT molecular complexity index is 1940. The van der Waals surface area contributed by atoms with Gasteiger partial charge in [-0.15, -0.1) is 0 Å². The van der Waals surface area contributed by atoms with Crippen molar-refractivity contribution < 1.29 is 52.8 Å². The number of amides is 3. The Hall–Kier alpha value is -3.28. The van der Waals surface area contributed by atoms with Gasteiger partial charge in [0.1, 0.15) is 46.5 Å². The highest BCUT2D eigenvalue weighted by Crippen LogP contribution is 2.49. The number of esters is 1. The molecule has 3 amide bonds. The number of epoxide rings is 1. The minimum Gasteiger partial charge on any atom is -0.495 e. The standard InChI is InChI=1S/C50H74ClN3O11S2/c1-32-19-17-23-41(62-8)50(60)31-40(63-48(59)52-50)33(2)46-49(4,65-46)42(30-44(57)54(6)37-28-35(27-32)29-39(61-7)45(37)51)64-47(58)34(3)53(5)43(56)24-26-67-66-25-18-22-38(55)36-20-15-13-11-9-10-12-14-16-21-36/h17,19,23,28-29,33-34,36,40-42,46,60H,9-16,18,20-22,24-27,30-31H2,1-8H3,(H,52,59)/b23-17+,32-19+/t33-,34+,40+,41-,42+,46+,49-,50+/m1/s1. The number of nitrogens with one attached hydrogen (secondary N) is 1. The van der Waals surface area contributed by atoms with Gasteiger partial charge in [-0.3, -0.25) is 19.7 Å². The predicted octanol–water partition coefficient (Wildman–Crippen LogP) is 9.17. The number of ether oxygens (including phenoxy) is 5. The topological polar surface area (TPSA) is 174 Å². The summed E-state index contributed by atoms with van der Waals surface area (Å²) in [4.78, 5) is 70.6. The molecule has 0 radical (unpaired) electrons. The number of anilines is 1. The molecule has 3 aliphatic heterocycles. The van der Waals surface area contributed by atoms with Crippen LogP contribution < -0.4 is 15.0 Å². The highest BCUT2D eigenvalue weighted by Gasteiger charge is 2.64. The predicted molar refractivity (Wildman–Crippen MR) is 264 cm³/mol. The average molecular weight is 993 g/mol. The second-order valence-electron chi connectivity index (χ2n) is 19.0. The number of benzene rings is 1. The van der Waals surface area contributed by atoms with E-state index in [9.17, 15) is 29.1 Å². The minimum atomic E-state index is -1.84. The number of hydrogen-bond acceptors (Lipinski definition) is 13. The van der Waals surface area contributed by atoms with E-state index in [4.69, 9.17) is 35.3 Å². The number of carbonyl (C=O) groups is 5. The van der Waals surface area contributed by atoms with E-state index in [2.05, 4.69) is 5.32 Å². The summed E-state index contributed by atoms with van der Waals surface area (Å²) in [5, 5.41) is 14.6. The summed E-state index contributed by atoms with van der Waals surface area (Å²) < 4.78 is 29.5. The zero-order valence-electron chi connectivity index (χ0n) is 40.8. The number of halogens is 1. The first-order chi connectivity index (χ1) is 31.9. The maximum Gasteiger partial charge on any atom is 0.409 e. The van der Waals surface area contributed by atoms with Crippen LogP contribution in [0.2, 0.25) is 5.02 Å². The maximum atomic E-state index is 14.3. The van der Waals surface area contributed by atoms with Gasteiger partial charge in [0.05, 0.1) is 25.3 Å². The van der Waals surface area contributed by atoms with Crippen molar-refractivity contribution in [1.29, 1.82) is 0 Å². The Morgan fingerprint density at radius 1 is 1.03 bits per heavy atom. The molecule has 14 nitrogen and oxygen atoms in total. The first kappa shape index (κ1) is 54.7. The summed E-state index contributed by atoms with van der Waals surface area (Å²) in [6.45, 7) is 7.05. The van der Waals surface area contributed by atoms with Crippen molar-refractivity contribution in [3.05, 3.63) is 46.5 Å². The Morgan fingerprint density at radius 3 is 2.34 bits per heavy atom. The summed E-state index contributed by atoms with van der Waals surface area (Å²) in [6, 6.07) is 2.60. The Balaban J connectivity index is 1.25. The minimum absolute atomic E-state index is 0.0571. The molecular formula is C50H74ClN3O11S2. The second kappa shape index (κ2) is 25.5. The molecule has 3 heterocycles. The van der Waals surface area contributed by atoms with E-state index in [0.717, 1.165) is 49.0 Å². The van der Waals surface area contributed by atoms with Gasteiger partial charge in [-0.2, -0.15) is 0 Å². The molecule has 1 aromatic carbocycles. The van der Waals surface area contributed by atoms with Crippen LogP contribution in [0.5, 0.6) is 5.75 Å². The van der Waals surface area contributed by atoms with Crippen molar-refractivity contribution in [1.82, 2.24) is 10.2 Å². The van der Waals surface area contributed by atoms with Gasteiger partial charge in [-0.1, -0.05) is 115 Å². The highest BCUT2D eigenvalue weighted by molar-refractivity contribution is 8.76. The third-order valence-electron chi connectivity index (χ3n) is 14.0. The fraction of sp³-hybridized carbons (Fsp3) is 0.700. The van der Waals surface area contributed by atoms with Crippen molar-refractivity contribution in [3.8, 4) is 5.75 Å². The van der Waals surface area contributed by atoms with E-state index >= 15 is 0 Å². The van der Waals surface area contributed by atoms with Gasteiger partial charge in [0, 0.05) is 63.8 Å². The molecule has 2 N–H and O–H groups in total. The van der Waals surface area contributed by atoms with Crippen LogP contribution in [0.4, 0.5) is 10.5 Å². The fourth-order valence-corrected chi connectivity index (χ4v) is 11.8. The van der Waals surface area contributed by atoms with Crippen molar-refractivity contribution in [2.24, 2.45) is 11.8 Å². The third-order valence-corrected chi connectivity index (χ3v) is 16.8. The lowest BCUT2D eigenvalue weighted by atomic mass is 9.83. The Kier molecular flexibility index (Phi) is 20.8. The molecule has 8 atom stereocenters. The normalized spacial score (nSPS) is 29.7. The van der Waals surface area contributed by atoms with Gasteiger partial charge in [-0.25, -0.2) is 9.59 Å². The van der Waals surface area contributed by atoms with Gasteiger partial charge >= 0.3 is 12.1 Å². The van der Waals surface area contributed by atoms with Crippen LogP contribution in [-0.4, -0.2) is 121 Å². The molecule has 374 valence electrons. The monoisotopic (exact) mass is 991 g/mol. The summed E-state index contributed by atoms with van der Waals surface area (Å²) in [7, 11) is 9.31. The van der Waals surface area contributed by atoms with Crippen LogP contribution in [0.25, 0.3) is 0 Å². The number of methoxy groups -OCH3 is 2. The molecule has 0 unspecified atom stereocenters. The molecule has 1 aromatic rings. The number of alkyl carbamates (subject to hydrolysis) is 1. The number of aliphatic hydroxyl groups is 1. The summed E-state index contributed by atoms with van der Waals surface area (Å²) >= 11 is 6.82. The summed E-state index contributed by atoms with van der Waals surface area (Å²) in [5.74, 6) is 0.370. The van der Waals surface area contributed by atoms with Crippen LogP contribution in [-0.2, 0) is 44.5 Å². The van der Waals surface area contributed by atoms with Crippen LogP contribution in [0.3, 0.4) is 0 Å². The average Bonchev–Trinajstić information content (AvgIpc) is 4.01. The Labute approximate surface area is 410 Å². The lowest BCUT2D eigenvalue weighted by molar-refractivity contribution is -0.162. The SMILES string of the molecule is COc1cc2cc(c1Cl)N(C)C(=O)C[C@H](OC(=O)[C@H](C)N(C)C(=O)CCSSCCCC(=O)C1CCCCCCCCCC1)[C@@]1(C)O[C@H]1[C@H](C)[C@@H]1C[C@@](O)(NC(=O)O1)[C@H](OC)/C=C/C=C(\C)C2. The molecule has 67 heavy (non-hydrogen) atoms. The molecule has 0 aromatic heterocycles.